The number of rotatable bonds is 6. The molecule has 1 fully saturated rings. The maximum Gasteiger partial charge on any atom is 0.226 e. The fourth-order valence-corrected chi connectivity index (χ4v) is 3.44. The van der Waals surface area contributed by atoms with Gasteiger partial charge in [-0.2, -0.15) is 0 Å². The van der Waals surface area contributed by atoms with Crippen molar-refractivity contribution in [3.63, 3.8) is 0 Å². The predicted molar refractivity (Wildman–Crippen MR) is 79.9 cm³/mol. The molecule has 1 saturated heterocycles. The van der Waals surface area contributed by atoms with E-state index in [0.29, 0.717) is 25.6 Å². The summed E-state index contributed by atoms with van der Waals surface area (Å²) >= 11 is 0. The normalized spacial score (nSPS) is 21.7. The lowest BCUT2D eigenvalue weighted by Gasteiger charge is -2.32. The first-order valence-electron chi connectivity index (χ1n) is 7.05. The smallest absolute Gasteiger partial charge is 0.226 e. The average Bonchev–Trinajstić information content (AvgIpc) is 2.37. The molecule has 0 bridgehead atoms. The fraction of sp³-hybridized carbons (Fsp3) is 0.923. The molecule has 1 aliphatic rings. The van der Waals surface area contributed by atoms with Crippen LogP contribution in [0.25, 0.3) is 0 Å². The van der Waals surface area contributed by atoms with E-state index in [1.807, 2.05) is 13.8 Å². The molecule has 1 atom stereocenters. The van der Waals surface area contributed by atoms with Gasteiger partial charge < -0.3 is 10.6 Å². The fourth-order valence-electron chi connectivity index (χ4n) is 2.50. The van der Waals surface area contributed by atoms with Crippen LogP contribution in [0.1, 0.15) is 26.7 Å². The second-order valence-corrected chi connectivity index (χ2v) is 8.21. The minimum atomic E-state index is -3.09. The Kier molecular flexibility index (Phi) is 5.97. The first kappa shape index (κ1) is 17.4. The molecule has 1 aliphatic heterocycles. The van der Waals surface area contributed by atoms with E-state index in [4.69, 9.17) is 0 Å². The highest BCUT2D eigenvalue weighted by molar-refractivity contribution is 7.88. The molecule has 0 aromatic rings. The van der Waals surface area contributed by atoms with Crippen molar-refractivity contribution in [1.82, 2.24) is 14.9 Å². The topological polar surface area (TPSA) is 78.5 Å². The van der Waals surface area contributed by atoms with E-state index in [0.717, 1.165) is 19.4 Å². The number of sulfonamides is 1. The Morgan fingerprint density at radius 2 is 2.05 bits per heavy atom. The van der Waals surface area contributed by atoms with Gasteiger partial charge in [-0.05, 0) is 39.2 Å². The molecule has 1 unspecified atom stereocenters. The summed E-state index contributed by atoms with van der Waals surface area (Å²) in [4.78, 5) is 11.7. The Hall–Kier alpha value is -0.660. The summed E-state index contributed by atoms with van der Waals surface area (Å²) in [6.45, 7) is 6.31. The van der Waals surface area contributed by atoms with Crippen molar-refractivity contribution < 1.29 is 13.2 Å². The minimum absolute atomic E-state index is 0.00593. The summed E-state index contributed by atoms with van der Waals surface area (Å²) in [5, 5.41) is 5.95. The Bertz CT molecular complexity index is 434. The van der Waals surface area contributed by atoms with E-state index in [1.54, 1.807) is 11.4 Å². The molecule has 1 amide bonds. The number of amides is 1. The number of piperidine rings is 1. The van der Waals surface area contributed by atoms with Crippen LogP contribution in [0, 0.1) is 11.3 Å². The lowest BCUT2D eigenvalue weighted by molar-refractivity contribution is -0.128. The molecule has 6 nitrogen and oxygen atoms in total. The van der Waals surface area contributed by atoms with Gasteiger partial charge in [0, 0.05) is 26.7 Å². The SMILES string of the molecule is CNC(=O)C(C)(C)CNCC1CCCN(S(C)(=O)=O)C1. The molecule has 0 aliphatic carbocycles. The lowest BCUT2D eigenvalue weighted by Crippen LogP contribution is -2.46. The van der Waals surface area contributed by atoms with Crippen LogP contribution in [0.2, 0.25) is 0 Å². The number of carbonyl (C=O) groups excluding carboxylic acids is 1. The van der Waals surface area contributed by atoms with Gasteiger partial charge in [-0.1, -0.05) is 0 Å². The third-order valence-electron chi connectivity index (χ3n) is 3.79. The van der Waals surface area contributed by atoms with Crippen LogP contribution in [-0.2, 0) is 14.8 Å². The molecule has 7 heteroatoms. The Labute approximate surface area is 122 Å². The molecule has 20 heavy (non-hydrogen) atoms. The van der Waals surface area contributed by atoms with Gasteiger partial charge >= 0.3 is 0 Å². The number of nitrogens with zero attached hydrogens (tertiary/aromatic N) is 1. The summed E-state index contributed by atoms with van der Waals surface area (Å²) in [7, 11) is -1.45. The van der Waals surface area contributed by atoms with Gasteiger partial charge in [0.1, 0.15) is 0 Å². The summed E-state index contributed by atoms with van der Waals surface area (Å²) in [5.41, 5.74) is -0.458. The van der Waals surface area contributed by atoms with E-state index >= 15 is 0 Å². The maximum atomic E-state index is 11.7. The van der Waals surface area contributed by atoms with Gasteiger partial charge in [0.05, 0.1) is 11.7 Å². The van der Waals surface area contributed by atoms with Crippen LogP contribution in [0.3, 0.4) is 0 Å². The number of hydrogen-bond donors (Lipinski definition) is 2. The third kappa shape index (κ3) is 5.03. The standard InChI is InChI=1S/C13H27N3O3S/c1-13(2,12(17)14-3)10-15-8-11-6-5-7-16(9-11)20(4,18)19/h11,15H,5-10H2,1-4H3,(H,14,17). The van der Waals surface area contributed by atoms with Crippen LogP contribution in [0.5, 0.6) is 0 Å². The maximum absolute atomic E-state index is 11.7. The van der Waals surface area contributed by atoms with Crippen molar-refractivity contribution in [2.24, 2.45) is 11.3 Å². The summed E-state index contributed by atoms with van der Waals surface area (Å²) in [6, 6.07) is 0. The summed E-state index contributed by atoms with van der Waals surface area (Å²) < 4.78 is 24.6. The number of nitrogens with one attached hydrogen (secondary N) is 2. The molecule has 0 aromatic carbocycles. The second-order valence-electron chi connectivity index (χ2n) is 6.22. The van der Waals surface area contributed by atoms with Gasteiger partial charge in [-0.3, -0.25) is 4.79 Å². The molecule has 0 aromatic heterocycles. The van der Waals surface area contributed by atoms with Gasteiger partial charge in [0.15, 0.2) is 0 Å². The van der Waals surface area contributed by atoms with E-state index in [1.165, 1.54) is 6.26 Å². The van der Waals surface area contributed by atoms with E-state index in [9.17, 15) is 13.2 Å². The van der Waals surface area contributed by atoms with Gasteiger partial charge in [0.2, 0.25) is 15.9 Å². The van der Waals surface area contributed by atoms with Gasteiger partial charge in [0.25, 0.3) is 0 Å². The zero-order valence-corrected chi connectivity index (χ0v) is 13.7. The van der Waals surface area contributed by atoms with Crippen molar-refractivity contribution >= 4 is 15.9 Å². The van der Waals surface area contributed by atoms with E-state index in [-0.39, 0.29) is 5.91 Å². The summed E-state index contributed by atoms with van der Waals surface area (Å²) in [6.07, 6.45) is 3.19. The Morgan fingerprint density at radius 1 is 1.40 bits per heavy atom. The molecule has 1 heterocycles. The highest BCUT2D eigenvalue weighted by Crippen LogP contribution is 2.19. The first-order chi connectivity index (χ1) is 9.16. The van der Waals surface area contributed by atoms with Crippen molar-refractivity contribution in [3.8, 4) is 0 Å². The molecular formula is C13H27N3O3S. The van der Waals surface area contributed by atoms with Gasteiger partial charge in [-0.15, -0.1) is 0 Å². The van der Waals surface area contributed by atoms with Crippen LogP contribution < -0.4 is 10.6 Å². The predicted octanol–water partition coefficient (Wildman–Crippen LogP) is 0.0198. The largest absolute Gasteiger partial charge is 0.359 e. The number of hydrogen-bond acceptors (Lipinski definition) is 4. The van der Waals surface area contributed by atoms with Crippen molar-refractivity contribution in [2.45, 2.75) is 26.7 Å². The van der Waals surface area contributed by atoms with Crippen molar-refractivity contribution in [1.29, 1.82) is 0 Å². The monoisotopic (exact) mass is 305 g/mol. The Balaban J connectivity index is 2.41. The van der Waals surface area contributed by atoms with Crippen LogP contribution >= 0.6 is 0 Å². The zero-order chi connectivity index (χ0) is 15.4. The highest BCUT2D eigenvalue weighted by Gasteiger charge is 2.28. The highest BCUT2D eigenvalue weighted by atomic mass is 32.2. The Morgan fingerprint density at radius 3 is 2.60 bits per heavy atom. The molecule has 0 spiro atoms. The van der Waals surface area contributed by atoms with Gasteiger partial charge in [-0.25, -0.2) is 12.7 Å². The van der Waals surface area contributed by atoms with E-state index in [2.05, 4.69) is 10.6 Å². The van der Waals surface area contributed by atoms with Crippen LogP contribution in [0.15, 0.2) is 0 Å². The molecule has 0 radical (unpaired) electrons. The van der Waals surface area contributed by atoms with E-state index < -0.39 is 15.4 Å². The molecule has 0 saturated carbocycles. The molecule has 118 valence electrons. The minimum Gasteiger partial charge on any atom is -0.359 e. The number of carbonyl (C=O) groups is 1. The third-order valence-corrected chi connectivity index (χ3v) is 5.06. The first-order valence-corrected chi connectivity index (χ1v) is 8.89. The quantitative estimate of drug-likeness (QED) is 0.725. The second kappa shape index (κ2) is 6.87. The molecular weight excluding hydrogens is 278 g/mol. The van der Waals surface area contributed by atoms with Crippen LogP contribution in [-0.4, -0.2) is 58.1 Å². The average molecular weight is 305 g/mol. The van der Waals surface area contributed by atoms with Crippen molar-refractivity contribution in [3.05, 3.63) is 0 Å². The molecule has 2 N–H and O–H groups in total. The van der Waals surface area contributed by atoms with Crippen LogP contribution in [0.4, 0.5) is 0 Å². The lowest BCUT2D eigenvalue weighted by atomic mass is 9.91. The van der Waals surface area contributed by atoms with Crippen molar-refractivity contribution in [2.75, 3.05) is 39.5 Å². The molecule has 1 rings (SSSR count). The zero-order valence-electron chi connectivity index (χ0n) is 12.9. The summed E-state index contributed by atoms with van der Waals surface area (Å²) in [5.74, 6) is 0.324.